The second-order valence-electron chi connectivity index (χ2n) is 6.87. The summed E-state index contributed by atoms with van der Waals surface area (Å²) in [6, 6.07) is 9.63. The lowest BCUT2D eigenvalue weighted by molar-refractivity contribution is -0.130. The average molecular weight is 469 g/mol. The summed E-state index contributed by atoms with van der Waals surface area (Å²) in [5.74, 6) is -1.13. The highest BCUT2D eigenvalue weighted by atomic mass is 35.5. The first-order valence-corrected chi connectivity index (χ1v) is 11.3. The smallest absolute Gasteiger partial charge is 0.252 e. The van der Waals surface area contributed by atoms with Crippen LogP contribution < -0.4 is 10.6 Å². The Morgan fingerprint density at radius 2 is 1.81 bits per heavy atom. The molecule has 1 aliphatic rings. The van der Waals surface area contributed by atoms with Crippen LogP contribution in [0, 0.1) is 5.82 Å². The summed E-state index contributed by atoms with van der Waals surface area (Å²) in [6.07, 6.45) is 0. The molecule has 0 bridgehead atoms. The number of amides is 2. The van der Waals surface area contributed by atoms with Crippen LogP contribution in [-0.4, -0.2) is 69.2 Å². The van der Waals surface area contributed by atoms with Crippen LogP contribution >= 0.6 is 11.6 Å². The van der Waals surface area contributed by atoms with Gasteiger partial charge >= 0.3 is 0 Å². The van der Waals surface area contributed by atoms with Crippen molar-refractivity contribution < 1.29 is 22.4 Å². The van der Waals surface area contributed by atoms with Crippen molar-refractivity contribution in [2.45, 2.75) is 4.90 Å². The highest BCUT2D eigenvalue weighted by molar-refractivity contribution is 7.89. The van der Waals surface area contributed by atoms with Crippen LogP contribution in [0.25, 0.3) is 0 Å². The van der Waals surface area contributed by atoms with Crippen molar-refractivity contribution in [3.05, 3.63) is 58.9 Å². The van der Waals surface area contributed by atoms with Gasteiger partial charge in [0.2, 0.25) is 15.9 Å². The van der Waals surface area contributed by atoms with Crippen LogP contribution in [0.5, 0.6) is 0 Å². The highest BCUT2D eigenvalue weighted by Gasteiger charge is 2.30. The van der Waals surface area contributed by atoms with E-state index in [-0.39, 0.29) is 54.5 Å². The van der Waals surface area contributed by atoms with E-state index in [2.05, 4.69) is 10.6 Å². The van der Waals surface area contributed by atoms with Crippen LogP contribution in [0.15, 0.2) is 47.4 Å². The zero-order valence-corrected chi connectivity index (χ0v) is 18.3. The fourth-order valence-electron chi connectivity index (χ4n) is 3.19. The lowest BCUT2D eigenvalue weighted by atomic mass is 10.2. The molecule has 2 aromatic carbocycles. The number of piperazine rings is 1. The number of benzene rings is 2. The molecule has 0 radical (unpaired) electrons. The first-order chi connectivity index (χ1) is 14.7. The molecule has 1 heterocycles. The van der Waals surface area contributed by atoms with Crippen LogP contribution in [-0.2, 0) is 14.8 Å². The summed E-state index contributed by atoms with van der Waals surface area (Å²) in [5.41, 5.74) is 0.912. The van der Waals surface area contributed by atoms with Crippen molar-refractivity contribution in [2.75, 3.05) is 45.1 Å². The number of hydrogen-bond donors (Lipinski definition) is 2. The molecular weight excluding hydrogens is 447 g/mol. The molecule has 2 N–H and O–H groups in total. The summed E-state index contributed by atoms with van der Waals surface area (Å²) < 4.78 is 40.0. The third-order valence-corrected chi connectivity index (χ3v) is 7.12. The van der Waals surface area contributed by atoms with Crippen LogP contribution in [0.2, 0.25) is 5.02 Å². The molecule has 0 saturated carbocycles. The van der Waals surface area contributed by atoms with Gasteiger partial charge in [0.25, 0.3) is 5.91 Å². The number of nitrogens with one attached hydrogen (secondary N) is 2. The van der Waals surface area contributed by atoms with Gasteiger partial charge in [0.05, 0.1) is 22.0 Å². The zero-order valence-electron chi connectivity index (χ0n) is 16.8. The van der Waals surface area contributed by atoms with E-state index < -0.39 is 15.8 Å². The number of nitrogens with zero attached hydrogens (tertiary/aromatic N) is 2. The SMILES string of the molecule is CNC(=O)c1ccc(NCC(=O)N2CCN(S(=O)(=O)c3cccc(F)c3)CC2)cc1Cl. The van der Waals surface area contributed by atoms with Crippen molar-refractivity contribution >= 4 is 39.1 Å². The minimum atomic E-state index is -3.81. The van der Waals surface area contributed by atoms with Gasteiger partial charge in [-0.15, -0.1) is 0 Å². The molecule has 1 aliphatic heterocycles. The van der Waals surface area contributed by atoms with Crippen molar-refractivity contribution in [3.63, 3.8) is 0 Å². The molecule has 0 unspecified atom stereocenters. The Kier molecular flexibility index (Phi) is 7.14. The Labute approximate surface area is 185 Å². The monoisotopic (exact) mass is 468 g/mol. The highest BCUT2D eigenvalue weighted by Crippen LogP contribution is 2.21. The van der Waals surface area contributed by atoms with E-state index >= 15 is 0 Å². The predicted molar refractivity (Wildman–Crippen MR) is 115 cm³/mol. The van der Waals surface area contributed by atoms with Gasteiger partial charge in [0, 0.05) is 38.9 Å². The van der Waals surface area contributed by atoms with E-state index in [0.29, 0.717) is 11.3 Å². The van der Waals surface area contributed by atoms with Gasteiger partial charge in [0.1, 0.15) is 5.82 Å². The number of halogens is 2. The van der Waals surface area contributed by atoms with Crippen molar-refractivity contribution in [3.8, 4) is 0 Å². The maximum Gasteiger partial charge on any atom is 0.252 e. The molecule has 1 fully saturated rings. The summed E-state index contributed by atoms with van der Waals surface area (Å²) in [5, 5.41) is 5.71. The molecule has 2 amide bonds. The van der Waals surface area contributed by atoms with E-state index in [4.69, 9.17) is 11.6 Å². The fourth-order valence-corrected chi connectivity index (χ4v) is 4.91. The van der Waals surface area contributed by atoms with E-state index in [1.807, 2.05) is 0 Å². The van der Waals surface area contributed by atoms with Gasteiger partial charge < -0.3 is 15.5 Å². The third kappa shape index (κ3) is 5.33. The Morgan fingerprint density at radius 1 is 1.10 bits per heavy atom. The maximum absolute atomic E-state index is 13.4. The lowest BCUT2D eigenvalue weighted by Gasteiger charge is -2.34. The van der Waals surface area contributed by atoms with E-state index in [1.54, 1.807) is 23.1 Å². The first kappa shape index (κ1) is 23.0. The molecule has 8 nitrogen and oxygen atoms in total. The van der Waals surface area contributed by atoms with Gasteiger partial charge in [-0.2, -0.15) is 4.31 Å². The van der Waals surface area contributed by atoms with Crippen molar-refractivity contribution in [1.29, 1.82) is 0 Å². The molecular formula is C20H22ClFN4O4S. The topological polar surface area (TPSA) is 98.8 Å². The van der Waals surface area contributed by atoms with Gasteiger partial charge in [-0.05, 0) is 36.4 Å². The number of anilines is 1. The van der Waals surface area contributed by atoms with Crippen LogP contribution in [0.3, 0.4) is 0 Å². The Balaban J connectivity index is 1.55. The summed E-state index contributed by atoms with van der Waals surface area (Å²) in [7, 11) is -2.31. The molecule has 0 atom stereocenters. The normalized spacial score (nSPS) is 14.9. The second-order valence-corrected chi connectivity index (χ2v) is 9.21. The van der Waals surface area contributed by atoms with E-state index in [0.717, 1.165) is 6.07 Å². The second kappa shape index (κ2) is 9.63. The Bertz CT molecular complexity index is 1090. The number of sulfonamides is 1. The summed E-state index contributed by atoms with van der Waals surface area (Å²) in [4.78, 5) is 25.6. The molecule has 0 aromatic heterocycles. The number of rotatable bonds is 6. The zero-order chi connectivity index (χ0) is 22.6. The molecule has 11 heteroatoms. The lowest BCUT2D eigenvalue weighted by Crippen LogP contribution is -2.51. The Morgan fingerprint density at radius 3 is 2.42 bits per heavy atom. The van der Waals surface area contributed by atoms with Crippen LogP contribution in [0.1, 0.15) is 10.4 Å². The molecule has 1 saturated heterocycles. The predicted octanol–water partition coefficient (Wildman–Crippen LogP) is 1.78. The van der Waals surface area contributed by atoms with Gasteiger partial charge in [-0.1, -0.05) is 17.7 Å². The molecule has 31 heavy (non-hydrogen) atoms. The Hall–Kier alpha value is -2.69. The number of hydrogen-bond acceptors (Lipinski definition) is 5. The van der Waals surface area contributed by atoms with Crippen LogP contribution in [0.4, 0.5) is 10.1 Å². The molecule has 3 rings (SSSR count). The van der Waals surface area contributed by atoms with E-state index in [9.17, 15) is 22.4 Å². The number of carbonyl (C=O) groups excluding carboxylic acids is 2. The van der Waals surface area contributed by atoms with Crippen molar-refractivity contribution in [1.82, 2.24) is 14.5 Å². The molecule has 0 aliphatic carbocycles. The quantitative estimate of drug-likeness (QED) is 0.673. The van der Waals surface area contributed by atoms with Gasteiger partial charge in [0.15, 0.2) is 0 Å². The summed E-state index contributed by atoms with van der Waals surface area (Å²) in [6.45, 7) is 0.692. The fraction of sp³-hybridized carbons (Fsp3) is 0.300. The van der Waals surface area contributed by atoms with Crippen molar-refractivity contribution in [2.24, 2.45) is 0 Å². The number of carbonyl (C=O) groups is 2. The minimum Gasteiger partial charge on any atom is -0.376 e. The molecule has 0 spiro atoms. The first-order valence-electron chi connectivity index (χ1n) is 9.51. The van der Waals surface area contributed by atoms with Gasteiger partial charge in [-0.3, -0.25) is 9.59 Å². The molecule has 166 valence electrons. The maximum atomic E-state index is 13.4. The average Bonchev–Trinajstić information content (AvgIpc) is 2.77. The molecule has 2 aromatic rings. The minimum absolute atomic E-state index is 0.00764. The van der Waals surface area contributed by atoms with Gasteiger partial charge in [-0.25, -0.2) is 12.8 Å². The third-order valence-electron chi connectivity index (χ3n) is 4.91. The summed E-state index contributed by atoms with van der Waals surface area (Å²) >= 11 is 6.10. The largest absolute Gasteiger partial charge is 0.376 e. The standard InChI is InChI=1S/C20H22ClFN4O4S/c1-23-20(28)17-6-5-15(12-18(17)21)24-13-19(27)25-7-9-26(10-8-25)31(29,30)16-4-2-3-14(22)11-16/h2-6,11-12,24H,7-10,13H2,1H3,(H,23,28). The van der Waals surface area contributed by atoms with E-state index in [1.165, 1.54) is 29.6 Å².